The lowest BCUT2D eigenvalue weighted by atomic mass is 9.79. The predicted octanol–water partition coefficient (Wildman–Crippen LogP) is 6.53. The van der Waals surface area contributed by atoms with E-state index in [9.17, 15) is 44.3 Å². The lowest BCUT2D eigenvalue weighted by molar-refractivity contribution is -0.253. The number of alkyl halides is 7. The Bertz CT molecular complexity index is 1190. The second-order valence-electron chi connectivity index (χ2n) is 8.22. The Morgan fingerprint density at radius 1 is 0.949 bits per heavy atom. The summed E-state index contributed by atoms with van der Waals surface area (Å²) in [5.41, 5.74) is 2.95. The van der Waals surface area contributed by atoms with Crippen LogP contribution in [0.25, 0.3) is 0 Å². The average molecular weight is 566 g/mol. The summed E-state index contributed by atoms with van der Waals surface area (Å²) >= 11 is 0. The molecule has 212 valence electrons. The summed E-state index contributed by atoms with van der Waals surface area (Å²) in [5, 5.41) is 2.30. The molecule has 4 nitrogen and oxygen atoms in total. The summed E-state index contributed by atoms with van der Waals surface area (Å²) in [4.78, 5) is 12.9. The molecule has 0 bridgehead atoms. The molecule has 0 heterocycles. The van der Waals surface area contributed by atoms with E-state index in [4.69, 9.17) is 5.73 Å². The van der Waals surface area contributed by atoms with Gasteiger partial charge in [-0.3, -0.25) is 4.79 Å². The third-order valence-corrected chi connectivity index (χ3v) is 5.25. The molecule has 39 heavy (non-hydrogen) atoms. The van der Waals surface area contributed by atoms with E-state index in [1.54, 1.807) is 0 Å². The van der Waals surface area contributed by atoms with Crippen LogP contribution in [0.15, 0.2) is 79.4 Å². The molecule has 0 aliphatic carbocycles. The van der Waals surface area contributed by atoms with Gasteiger partial charge in [0.25, 0.3) is 0 Å². The van der Waals surface area contributed by atoms with Crippen LogP contribution >= 0.6 is 0 Å². The SMILES string of the molecule is C=C/C=C\C=C\C[C@@](NC(=O)C(N)CC(F)(F)F)(c1ccc(F)cc1)c1cc(F)cc(OC(F)(F)C(F)F)c1. The van der Waals surface area contributed by atoms with Crippen molar-refractivity contribution in [3.8, 4) is 5.75 Å². The Hall–Kier alpha value is -3.74. The quantitative estimate of drug-likeness (QED) is 0.227. The monoisotopic (exact) mass is 566 g/mol. The maximum Gasteiger partial charge on any atom is 0.461 e. The molecule has 0 aliphatic heterocycles. The number of carbonyl (C=O) groups is 1. The first-order valence-electron chi connectivity index (χ1n) is 11.1. The number of halogens is 9. The van der Waals surface area contributed by atoms with Gasteiger partial charge >= 0.3 is 18.7 Å². The fourth-order valence-corrected chi connectivity index (χ4v) is 3.51. The van der Waals surface area contributed by atoms with Crippen LogP contribution in [-0.2, 0) is 10.3 Å². The van der Waals surface area contributed by atoms with Crippen molar-refractivity contribution in [1.29, 1.82) is 0 Å². The average Bonchev–Trinajstić information content (AvgIpc) is 2.81. The lowest BCUT2D eigenvalue weighted by Gasteiger charge is -2.37. The molecule has 0 spiro atoms. The van der Waals surface area contributed by atoms with Crippen LogP contribution in [-0.4, -0.2) is 30.7 Å². The smallest absolute Gasteiger partial charge is 0.428 e. The molecule has 0 aliphatic rings. The van der Waals surface area contributed by atoms with Crippen molar-refractivity contribution in [2.45, 2.75) is 43.1 Å². The van der Waals surface area contributed by atoms with Gasteiger partial charge in [-0.1, -0.05) is 49.1 Å². The molecule has 2 rings (SSSR count). The molecular formula is C26H23F9N2O2. The van der Waals surface area contributed by atoms with E-state index in [-0.39, 0.29) is 12.0 Å². The van der Waals surface area contributed by atoms with E-state index in [0.717, 1.165) is 30.3 Å². The number of ether oxygens (including phenoxy) is 1. The third kappa shape index (κ3) is 8.91. The van der Waals surface area contributed by atoms with Crippen LogP contribution in [0.1, 0.15) is 24.0 Å². The third-order valence-electron chi connectivity index (χ3n) is 5.25. The van der Waals surface area contributed by atoms with Gasteiger partial charge in [-0.05, 0) is 41.8 Å². The Balaban J connectivity index is 2.76. The number of nitrogens with two attached hydrogens (primary N) is 1. The zero-order valence-electron chi connectivity index (χ0n) is 20.0. The highest BCUT2D eigenvalue weighted by atomic mass is 19.4. The highest BCUT2D eigenvalue weighted by Crippen LogP contribution is 2.38. The summed E-state index contributed by atoms with van der Waals surface area (Å²) < 4.78 is 124. The Morgan fingerprint density at radius 2 is 1.59 bits per heavy atom. The molecule has 2 aromatic rings. The number of nitrogens with one attached hydrogen (secondary N) is 1. The Kier molecular flexibility index (Phi) is 10.4. The first kappa shape index (κ1) is 31.5. The van der Waals surface area contributed by atoms with Crippen molar-refractivity contribution in [1.82, 2.24) is 5.32 Å². The van der Waals surface area contributed by atoms with Gasteiger partial charge in [-0.2, -0.15) is 30.7 Å². The Labute approximate surface area is 217 Å². The van der Waals surface area contributed by atoms with Gasteiger partial charge in [-0.15, -0.1) is 0 Å². The van der Waals surface area contributed by atoms with Crippen molar-refractivity contribution in [2.24, 2.45) is 5.73 Å². The van der Waals surface area contributed by atoms with Crippen LogP contribution in [0.2, 0.25) is 0 Å². The van der Waals surface area contributed by atoms with Crippen molar-refractivity contribution in [3.63, 3.8) is 0 Å². The molecule has 2 atom stereocenters. The van der Waals surface area contributed by atoms with Crippen LogP contribution in [0.5, 0.6) is 5.75 Å². The first-order chi connectivity index (χ1) is 18.1. The Morgan fingerprint density at radius 3 is 2.15 bits per heavy atom. The van der Waals surface area contributed by atoms with Gasteiger partial charge < -0.3 is 15.8 Å². The van der Waals surface area contributed by atoms with E-state index in [2.05, 4.69) is 16.6 Å². The summed E-state index contributed by atoms with van der Waals surface area (Å²) in [6, 6.07) is 3.71. The molecule has 2 aromatic carbocycles. The minimum Gasteiger partial charge on any atom is -0.428 e. The molecule has 0 aromatic heterocycles. The van der Waals surface area contributed by atoms with Crippen LogP contribution < -0.4 is 15.8 Å². The zero-order valence-corrected chi connectivity index (χ0v) is 20.0. The zero-order chi connectivity index (χ0) is 29.4. The number of rotatable bonds is 12. The minimum absolute atomic E-state index is 0.0361. The molecule has 1 amide bonds. The summed E-state index contributed by atoms with van der Waals surface area (Å²) in [6.07, 6.45) is -9.10. The van der Waals surface area contributed by atoms with E-state index < -0.39 is 65.6 Å². The van der Waals surface area contributed by atoms with Crippen LogP contribution in [0.4, 0.5) is 39.5 Å². The number of hydrogen-bond donors (Lipinski definition) is 2. The van der Waals surface area contributed by atoms with Crippen molar-refractivity contribution >= 4 is 5.91 Å². The van der Waals surface area contributed by atoms with Gasteiger partial charge in [0.15, 0.2) is 0 Å². The summed E-state index contributed by atoms with van der Waals surface area (Å²) in [5.74, 6) is -4.48. The molecule has 0 saturated carbocycles. The maximum absolute atomic E-state index is 14.6. The fourth-order valence-electron chi connectivity index (χ4n) is 3.51. The molecule has 1 unspecified atom stereocenters. The number of hydrogen-bond acceptors (Lipinski definition) is 3. The van der Waals surface area contributed by atoms with Crippen LogP contribution in [0, 0.1) is 11.6 Å². The van der Waals surface area contributed by atoms with Crippen LogP contribution in [0.3, 0.4) is 0 Å². The molecule has 13 heteroatoms. The van der Waals surface area contributed by atoms with E-state index in [1.165, 1.54) is 30.4 Å². The second-order valence-corrected chi connectivity index (χ2v) is 8.22. The van der Waals surface area contributed by atoms with E-state index in [0.29, 0.717) is 12.1 Å². The summed E-state index contributed by atoms with van der Waals surface area (Å²) in [7, 11) is 0. The highest BCUT2D eigenvalue weighted by Gasteiger charge is 2.45. The molecule has 0 saturated heterocycles. The van der Waals surface area contributed by atoms with Gasteiger partial charge in [0.1, 0.15) is 17.4 Å². The highest BCUT2D eigenvalue weighted by molar-refractivity contribution is 5.83. The van der Waals surface area contributed by atoms with Gasteiger partial charge in [0.05, 0.1) is 18.0 Å². The number of carbonyl (C=O) groups excluding carboxylic acids is 1. The summed E-state index contributed by atoms with van der Waals surface area (Å²) in [6.45, 7) is 3.47. The maximum atomic E-state index is 14.6. The number of amides is 1. The molecule has 0 radical (unpaired) electrons. The lowest BCUT2D eigenvalue weighted by Crippen LogP contribution is -2.53. The van der Waals surface area contributed by atoms with Gasteiger partial charge in [0.2, 0.25) is 5.91 Å². The molecule has 0 fully saturated rings. The number of benzene rings is 2. The normalized spacial score (nSPS) is 14.9. The second kappa shape index (κ2) is 12.9. The molecular weight excluding hydrogens is 543 g/mol. The standard InChI is InChI=1S/C26H23F9N2O2/c1-2-3-4-5-6-11-24(16-7-9-18(27)10-8-16,37-22(38)21(36)15-25(31,32)33)17-12-19(28)14-20(13-17)39-26(34,35)23(29)30/h2-10,12-14,21,23H,1,11,15,36H2,(H,37,38)/b4-3-,6-5+/t21?,24-/m1/s1. The molecule has 3 N–H and O–H groups in total. The minimum atomic E-state index is -5.03. The van der Waals surface area contributed by atoms with E-state index >= 15 is 0 Å². The number of allylic oxidation sites excluding steroid dienone is 4. The van der Waals surface area contributed by atoms with Gasteiger partial charge in [0, 0.05) is 6.07 Å². The fraction of sp³-hybridized carbons (Fsp3) is 0.269. The van der Waals surface area contributed by atoms with E-state index in [1.807, 2.05) is 0 Å². The van der Waals surface area contributed by atoms with Crippen molar-refractivity contribution in [3.05, 3.63) is 102 Å². The predicted molar refractivity (Wildman–Crippen MR) is 125 cm³/mol. The van der Waals surface area contributed by atoms with Crippen molar-refractivity contribution < 1.29 is 49.0 Å². The van der Waals surface area contributed by atoms with Gasteiger partial charge in [-0.25, -0.2) is 8.78 Å². The topological polar surface area (TPSA) is 64.4 Å². The largest absolute Gasteiger partial charge is 0.461 e. The first-order valence-corrected chi connectivity index (χ1v) is 11.1. The van der Waals surface area contributed by atoms with Crippen molar-refractivity contribution in [2.75, 3.05) is 0 Å².